The Morgan fingerprint density at radius 3 is 2.29 bits per heavy atom. The first kappa shape index (κ1) is 15.1. The average Bonchev–Trinajstić information content (AvgIpc) is 2.57. The molecular formula is C11H18Cl3N3. The highest BCUT2D eigenvalue weighted by Crippen LogP contribution is 2.21. The predicted octanol–water partition coefficient (Wildman–Crippen LogP) is 3.10. The Morgan fingerprint density at radius 1 is 1.35 bits per heavy atom. The standard InChI is InChI=1S/C11H18Cl3N3/c1-4-11(6-12,7-13)15-5-9-8(2)16-17(3)10(9)14/h15H,4-7H2,1-3H3. The molecule has 0 aliphatic rings. The topological polar surface area (TPSA) is 29.9 Å². The van der Waals surface area contributed by atoms with Crippen LogP contribution in [-0.4, -0.2) is 27.1 Å². The van der Waals surface area contributed by atoms with Gasteiger partial charge in [0.1, 0.15) is 5.15 Å². The van der Waals surface area contributed by atoms with Gasteiger partial charge in [-0.15, -0.1) is 23.2 Å². The molecule has 1 rings (SSSR count). The third-order valence-electron chi connectivity index (χ3n) is 3.10. The Morgan fingerprint density at radius 2 is 1.94 bits per heavy atom. The lowest BCUT2D eigenvalue weighted by Crippen LogP contribution is -2.48. The monoisotopic (exact) mass is 297 g/mol. The molecule has 1 N–H and O–H groups in total. The second kappa shape index (κ2) is 6.28. The summed E-state index contributed by atoms with van der Waals surface area (Å²) in [5.41, 5.74) is 1.69. The van der Waals surface area contributed by atoms with Crippen LogP contribution in [0.15, 0.2) is 0 Å². The van der Waals surface area contributed by atoms with Gasteiger partial charge in [0.05, 0.1) is 5.69 Å². The Bertz CT molecular complexity index is 364. The van der Waals surface area contributed by atoms with Crippen molar-refractivity contribution in [2.75, 3.05) is 11.8 Å². The predicted molar refractivity (Wildman–Crippen MR) is 74.3 cm³/mol. The van der Waals surface area contributed by atoms with Crippen LogP contribution < -0.4 is 5.32 Å². The number of rotatable bonds is 6. The van der Waals surface area contributed by atoms with Crippen molar-refractivity contribution in [1.82, 2.24) is 15.1 Å². The fourth-order valence-corrected chi connectivity index (χ4v) is 2.69. The zero-order chi connectivity index (χ0) is 13.1. The lowest BCUT2D eigenvalue weighted by atomic mass is 10.0. The van der Waals surface area contributed by atoms with Gasteiger partial charge < -0.3 is 5.32 Å². The van der Waals surface area contributed by atoms with Crippen LogP contribution in [0.3, 0.4) is 0 Å². The zero-order valence-corrected chi connectivity index (χ0v) is 12.6. The summed E-state index contributed by atoms with van der Waals surface area (Å²) in [4.78, 5) is 0. The van der Waals surface area contributed by atoms with E-state index in [-0.39, 0.29) is 5.54 Å². The summed E-state index contributed by atoms with van der Waals surface area (Å²) in [5.74, 6) is 0.952. The van der Waals surface area contributed by atoms with Gasteiger partial charge in [0.25, 0.3) is 0 Å². The highest BCUT2D eigenvalue weighted by atomic mass is 35.5. The first-order chi connectivity index (χ1) is 7.99. The van der Waals surface area contributed by atoms with Crippen molar-refractivity contribution in [2.24, 2.45) is 7.05 Å². The molecule has 0 spiro atoms. The van der Waals surface area contributed by atoms with Crippen molar-refractivity contribution in [2.45, 2.75) is 32.4 Å². The molecule has 0 amide bonds. The van der Waals surface area contributed by atoms with Crippen molar-refractivity contribution in [3.8, 4) is 0 Å². The van der Waals surface area contributed by atoms with Gasteiger partial charge in [-0.3, -0.25) is 4.68 Å². The molecule has 0 saturated heterocycles. The molecule has 0 aromatic carbocycles. The molecule has 17 heavy (non-hydrogen) atoms. The van der Waals surface area contributed by atoms with Gasteiger partial charge in [-0.25, -0.2) is 0 Å². The van der Waals surface area contributed by atoms with Crippen molar-refractivity contribution in [1.29, 1.82) is 0 Å². The fraction of sp³-hybridized carbons (Fsp3) is 0.727. The first-order valence-electron chi connectivity index (χ1n) is 5.54. The highest BCUT2D eigenvalue weighted by molar-refractivity contribution is 6.30. The number of aromatic nitrogens is 2. The number of hydrogen-bond donors (Lipinski definition) is 1. The summed E-state index contributed by atoms with van der Waals surface area (Å²) in [7, 11) is 1.83. The molecule has 0 atom stereocenters. The van der Waals surface area contributed by atoms with E-state index in [0.717, 1.165) is 17.7 Å². The lowest BCUT2D eigenvalue weighted by Gasteiger charge is -2.29. The largest absolute Gasteiger partial charge is 0.305 e. The van der Waals surface area contributed by atoms with E-state index in [1.807, 2.05) is 14.0 Å². The Hall–Kier alpha value is 0.0400. The minimum absolute atomic E-state index is 0.241. The van der Waals surface area contributed by atoms with Crippen LogP contribution in [0, 0.1) is 6.92 Å². The molecule has 0 bridgehead atoms. The number of aryl methyl sites for hydroxylation is 2. The molecule has 0 fully saturated rings. The summed E-state index contributed by atoms with van der Waals surface area (Å²) in [6.45, 7) is 4.64. The molecule has 3 nitrogen and oxygen atoms in total. The zero-order valence-electron chi connectivity index (χ0n) is 10.4. The summed E-state index contributed by atoms with van der Waals surface area (Å²) in [5, 5.41) is 8.32. The third kappa shape index (κ3) is 3.28. The van der Waals surface area contributed by atoms with Crippen LogP contribution in [0.25, 0.3) is 0 Å². The maximum Gasteiger partial charge on any atom is 0.131 e. The number of alkyl halides is 2. The third-order valence-corrected chi connectivity index (χ3v) is 4.59. The maximum absolute atomic E-state index is 6.17. The quantitative estimate of drug-likeness (QED) is 0.818. The number of halogens is 3. The molecule has 0 saturated carbocycles. The van der Waals surface area contributed by atoms with E-state index in [4.69, 9.17) is 34.8 Å². The Kier molecular flexibility index (Phi) is 5.58. The van der Waals surface area contributed by atoms with Gasteiger partial charge in [-0.05, 0) is 13.3 Å². The van der Waals surface area contributed by atoms with E-state index in [1.165, 1.54) is 0 Å². The summed E-state index contributed by atoms with van der Waals surface area (Å²) in [6.07, 6.45) is 0.872. The second-order valence-corrected chi connectivity index (χ2v) is 5.13. The van der Waals surface area contributed by atoms with E-state index < -0.39 is 0 Å². The maximum atomic E-state index is 6.17. The number of nitrogens with one attached hydrogen (secondary N) is 1. The molecule has 1 aromatic rings. The van der Waals surface area contributed by atoms with Gasteiger partial charge in [0.2, 0.25) is 0 Å². The van der Waals surface area contributed by atoms with Gasteiger partial charge >= 0.3 is 0 Å². The average molecular weight is 299 g/mol. The smallest absolute Gasteiger partial charge is 0.131 e. The van der Waals surface area contributed by atoms with E-state index in [2.05, 4.69) is 17.3 Å². The number of hydrogen-bond acceptors (Lipinski definition) is 2. The highest BCUT2D eigenvalue weighted by Gasteiger charge is 2.26. The molecule has 1 aromatic heterocycles. The van der Waals surface area contributed by atoms with Gasteiger partial charge in [0, 0.05) is 36.5 Å². The van der Waals surface area contributed by atoms with E-state index in [0.29, 0.717) is 23.5 Å². The van der Waals surface area contributed by atoms with E-state index >= 15 is 0 Å². The fourth-order valence-electron chi connectivity index (χ4n) is 1.59. The van der Waals surface area contributed by atoms with Crippen molar-refractivity contribution in [3.63, 3.8) is 0 Å². The van der Waals surface area contributed by atoms with Crippen LogP contribution in [-0.2, 0) is 13.6 Å². The minimum Gasteiger partial charge on any atom is -0.305 e. The molecule has 98 valence electrons. The van der Waals surface area contributed by atoms with Crippen LogP contribution >= 0.6 is 34.8 Å². The Labute approximate surface area is 117 Å². The van der Waals surface area contributed by atoms with Gasteiger partial charge in [-0.1, -0.05) is 18.5 Å². The van der Waals surface area contributed by atoms with Crippen molar-refractivity contribution < 1.29 is 0 Å². The second-order valence-electron chi connectivity index (χ2n) is 4.23. The summed E-state index contributed by atoms with van der Waals surface area (Å²) in [6, 6.07) is 0. The molecule has 0 radical (unpaired) electrons. The molecule has 0 aliphatic carbocycles. The SMILES string of the molecule is CCC(CCl)(CCl)NCc1c(C)nn(C)c1Cl. The minimum atomic E-state index is -0.241. The van der Waals surface area contributed by atoms with E-state index in [9.17, 15) is 0 Å². The lowest BCUT2D eigenvalue weighted by molar-refractivity contribution is 0.384. The first-order valence-corrected chi connectivity index (χ1v) is 6.99. The molecule has 1 heterocycles. The van der Waals surface area contributed by atoms with Crippen LogP contribution in [0.5, 0.6) is 0 Å². The summed E-state index contributed by atoms with van der Waals surface area (Å²) < 4.78 is 1.67. The van der Waals surface area contributed by atoms with Gasteiger partial charge in [-0.2, -0.15) is 5.10 Å². The van der Waals surface area contributed by atoms with Crippen LogP contribution in [0.1, 0.15) is 24.6 Å². The Balaban J connectivity index is 2.79. The summed E-state index contributed by atoms with van der Waals surface area (Å²) >= 11 is 18.1. The number of nitrogens with zero attached hydrogens (tertiary/aromatic N) is 2. The van der Waals surface area contributed by atoms with Crippen LogP contribution in [0.2, 0.25) is 5.15 Å². The normalized spacial score (nSPS) is 12.1. The molecule has 0 aliphatic heterocycles. The van der Waals surface area contributed by atoms with Crippen molar-refractivity contribution in [3.05, 3.63) is 16.4 Å². The molecular weight excluding hydrogens is 281 g/mol. The van der Waals surface area contributed by atoms with Crippen molar-refractivity contribution >= 4 is 34.8 Å². The van der Waals surface area contributed by atoms with Crippen LogP contribution in [0.4, 0.5) is 0 Å². The van der Waals surface area contributed by atoms with Gasteiger partial charge in [0.15, 0.2) is 0 Å². The molecule has 0 unspecified atom stereocenters. The molecule has 6 heteroatoms. The van der Waals surface area contributed by atoms with E-state index in [1.54, 1.807) is 4.68 Å².